The Bertz CT molecular complexity index is 604. The lowest BCUT2D eigenvalue weighted by Gasteiger charge is -2.14. The van der Waals surface area contributed by atoms with E-state index in [1.807, 2.05) is 0 Å². The molecule has 132 valence electrons. The molecule has 2 N–H and O–H groups in total. The second-order valence-electron chi connectivity index (χ2n) is 5.77. The Hall–Kier alpha value is -2.09. The zero-order valence-electron chi connectivity index (χ0n) is 13.2. The maximum Gasteiger partial charge on any atom is 0.573 e. The van der Waals surface area contributed by atoms with Gasteiger partial charge in [-0.25, -0.2) is 0 Å². The number of alkyl halides is 3. The lowest BCUT2D eigenvalue weighted by atomic mass is 10.0. The number of hydrogen-bond acceptors (Lipinski definition) is 4. The molecule has 0 saturated carbocycles. The summed E-state index contributed by atoms with van der Waals surface area (Å²) in [5.41, 5.74) is 0.467. The second kappa shape index (κ2) is 7.65. The molecule has 24 heavy (non-hydrogen) atoms. The van der Waals surface area contributed by atoms with Gasteiger partial charge >= 0.3 is 6.36 Å². The standard InChI is InChI=1S/C16H19F3N2O3/c1-10(22)20-9-12-5-6-14(21-12)15(23)8-11-3-2-4-13(7-11)24-16(17,18)19/h2-4,7,12,14,21H,5-6,8-9H2,1H3,(H,20,22)/t12-,14+/m1/s1. The monoisotopic (exact) mass is 344 g/mol. The van der Waals surface area contributed by atoms with Crippen LogP contribution in [-0.4, -0.2) is 36.7 Å². The van der Waals surface area contributed by atoms with E-state index in [9.17, 15) is 22.8 Å². The third-order valence-corrected chi connectivity index (χ3v) is 3.74. The van der Waals surface area contributed by atoms with E-state index in [1.54, 1.807) is 6.07 Å². The molecule has 1 aromatic carbocycles. The summed E-state index contributed by atoms with van der Waals surface area (Å²) in [6.07, 6.45) is -3.33. The van der Waals surface area contributed by atoms with E-state index in [2.05, 4.69) is 15.4 Å². The van der Waals surface area contributed by atoms with Gasteiger partial charge in [-0.2, -0.15) is 0 Å². The van der Waals surface area contributed by atoms with Crippen LogP contribution < -0.4 is 15.4 Å². The second-order valence-corrected chi connectivity index (χ2v) is 5.77. The summed E-state index contributed by atoms with van der Waals surface area (Å²) >= 11 is 0. The van der Waals surface area contributed by atoms with Crippen molar-refractivity contribution in [1.29, 1.82) is 0 Å². The van der Waals surface area contributed by atoms with Crippen molar-refractivity contribution >= 4 is 11.7 Å². The van der Waals surface area contributed by atoms with Crippen LogP contribution in [0.3, 0.4) is 0 Å². The highest BCUT2D eigenvalue weighted by atomic mass is 19.4. The van der Waals surface area contributed by atoms with Gasteiger partial charge in [-0.15, -0.1) is 13.2 Å². The molecule has 0 unspecified atom stereocenters. The van der Waals surface area contributed by atoms with E-state index < -0.39 is 6.36 Å². The van der Waals surface area contributed by atoms with E-state index in [0.29, 0.717) is 18.5 Å². The van der Waals surface area contributed by atoms with Crippen LogP contribution in [-0.2, 0) is 16.0 Å². The SMILES string of the molecule is CC(=O)NC[C@H]1CC[C@@H](C(=O)Cc2cccc(OC(F)(F)F)c2)N1. The fourth-order valence-corrected chi connectivity index (χ4v) is 2.68. The van der Waals surface area contributed by atoms with Gasteiger partial charge in [0.15, 0.2) is 5.78 Å². The number of ether oxygens (including phenoxy) is 1. The van der Waals surface area contributed by atoms with Gasteiger partial charge in [-0.05, 0) is 30.5 Å². The van der Waals surface area contributed by atoms with E-state index in [0.717, 1.165) is 6.42 Å². The molecule has 2 atom stereocenters. The number of halogens is 3. The van der Waals surface area contributed by atoms with Crippen molar-refractivity contribution < 1.29 is 27.5 Å². The van der Waals surface area contributed by atoms with Crippen LogP contribution in [0.25, 0.3) is 0 Å². The van der Waals surface area contributed by atoms with Crippen molar-refractivity contribution in [2.75, 3.05) is 6.54 Å². The third kappa shape index (κ3) is 5.84. The number of Topliss-reactive ketones (excluding diaryl/α,β-unsaturated/α-hetero) is 1. The van der Waals surface area contributed by atoms with Crippen LogP contribution in [0.1, 0.15) is 25.3 Å². The van der Waals surface area contributed by atoms with Crippen molar-refractivity contribution in [2.45, 2.75) is 44.6 Å². The number of ketones is 1. The first-order valence-electron chi connectivity index (χ1n) is 7.61. The summed E-state index contributed by atoms with van der Waals surface area (Å²) < 4.78 is 40.5. The van der Waals surface area contributed by atoms with Gasteiger partial charge in [-0.1, -0.05) is 12.1 Å². The van der Waals surface area contributed by atoms with Crippen molar-refractivity contribution in [1.82, 2.24) is 10.6 Å². The highest BCUT2D eigenvalue weighted by Gasteiger charge is 2.31. The summed E-state index contributed by atoms with van der Waals surface area (Å²) in [4.78, 5) is 23.2. The Morgan fingerprint density at radius 1 is 1.33 bits per heavy atom. The fourth-order valence-electron chi connectivity index (χ4n) is 2.68. The number of carbonyl (C=O) groups is 2. The van der Waals surface area contributed by atoms with Gasteiger partial charge in [0, 0.05) is 25.9 Å². The Morgan fingerprint density at radius 3 is 2.75 bits per heavy atom. The molecule has 2 rings (SSSR count). The Morgan fingerprint density at radius 2 is 2.08 bits per heavy atom. The van der Waals surface area contributed by atoms with E-state index in [4.69, 9.17) is 0 Å². The molecule has 1 fully saturated rings. The molecule has 0 bridgehead atoms. The summed E-state index contributed by atoms with van der Waals surface area (Å²) in [7, 11) is 0. The molecule has 1 aliphatic heterocycles. The predicted octanol–water partition coefficient (Wildman–Crippen LogP) is 1.95. The number of hydrogen-bond donors (Lipinski definition) is 2. The normalized spacial score (nSPS) is 20.7. The van der Waals surface area contributed by atoms with Gasteiger partial charge in [0.05, 0.1) is 6.04 Å². The largest absolute Gasteiger partial charge is 0.573 e. The molecule has 1 aliphatic rings. The zero-order chi connectivity index (χ0) is 17.7. The number of nitrogens with one attached hydrogen (secondary N) is 2. The smallest absolute Gasteiger partial charge is 0.406 e. The summed E-state index contributed by atoms with van der Waals surface area (Å²) in [5, 5.41) is 5.83. The maximum absolute atomic E-state index is 12.3. The molecule has 1 heterocycles. The van der Waals surface area contributed by atoms with Gasteiger partial charge in [0.1, 0.15) is 5.75 Å². The van der Waals surface area contributed by atoms with Crippen molar-refractivity contribution in [2.24, 2.45) is 0 Å². The van der Waals surface area contributed by atoms with Gasteiger partial charge in [-0.3, -0.25) is 9.59 Å². The van der Waals surface area contributed by atoms with Crippen molar-refractivity contribution in [3.05, 3.63) is 29.8 Å². The Kier molecular flexibility index (Phi) is 5.82. The summed E-state index contributed by atoms with van der Waals surface area (Å²) in [5.74, 6) is -0.562. The molecule has 0 spiro atoms. The summed E-state index contributed by atoms with van der Waals surface area (Å²) in [6.45, 7) is 1.88. The molecule has 1 saturated heterocycles. The van der Waals surface area contributed by atoms with E-state index in [1.165, 1.54) is 25.1 Å². The Balaban J connectivity index is 1.88. The van der Waals surface area contributed by atoms with E-state index in [-0.39, 0.29) is 35.9 Å². The molecule has 1 aromatic rings. The molecule has 1 amide bonds. The maximum atomic E-state index is 12.3. The third-order valence-electron chi connectivity index (χ3n) is 3.74. The van der Waals surface area contributed by atoms with Gasteiger partial charge in [0.25, 0.3) is 0 Å². The minimum atomic E-state index is -4.76. The van der Waals surface area contributed by atoms with Crippen LogP contribution in [0.15, 0.2) is 24.3 Å². The quantitative estimate of drug-likeness (QED) is 0.828. The molecule has 0 radical (unpaired) electrons. The lowest BCUT2D eigenvalue weighted by molar-refractivity contribution is -0.274. The van der Waals surface area contributed by atoms with Crippen LogP contribution >= 0.6 is 0 Å². The first-order valence-corrected chi connectivity index (χ1v) is 7.61. The van der Waals surface area contributed by atoms with Crippen molar-refractivity contribution in [3.8, 4) is 5.75 Å². The van der Waals surface area contributed by atoms with Gasteiger partial charge < -0.3 is 15.4 Å². The highest BCUT2D eigenvalue weighted by molar-refractivity contribution is 5.86. The Labute approximate surface area is 137 Å². The molecule has 0 aromatic heterocycles. The first kappa shape index (κ1) is 18.3. The predicted molar refractivity (Wildman–Crippen MR) is 80.5 cm³/mol. The minimum Gasteiger partial charge on any atom is -0.406 e. The topological polar surface area (TPSA) is 67.4 Å². The number of benzene rings is 1. The molecule has 0 aliphatic carbocycles. The van der Waals surface area contributed by atoms with Crippen LogP contribution in [0.4, 0.5) is 13.2 Å². The van der Waals surface area contributed by atoms with Crippen LogP contribution in [0, 0.1) is 0 Å². The highest BCUT2D eigenvalue weighted by Crippen LogP contribution is 2.24. The average molecular weight is 344 g/mol. The minimum absolute atomic E-state index is 0.0274. The molecular weight excluding hydrogens is 325 g/mol. The lowest BCUT2D eigenvalue weighted by Crippen LogP contribution is -2.42. The summed E-state index contributed by atoms with van der Waals surface area (Å²) in [6, 6.07) is 5.10. The van der Waals surface area contributed by atoms with Gasteiger partial charge in [0.2, 0.25) is 5.91 Å². The number of carbonyl (C=O) groups excluding carboxylic acids is 2. The number of amides is 1. The molecule has 5 nitrogen and oxygen atoms in total. The molecule has 8 heteroatoms. The van der Waals surface area contributed by atoms with Crippen molar-refractivity contribution in [3.63, 3.8) is 0 Å². The first-order chi connectivity index (χ1) is 11.2. The molecular formula is C16H19F3N2O3. The van der Waals surface area contributed by atoms with Crippen LogP contribution in [0.2, 0.25) is 0 Å². The van der Waals surface area contributed by atoms with Crippen LogP contribution in [0.5, 0.6) is 5.75 Å². The zero-order valence-corrected chi connectivity index (χ0v) is 13.2. The fraction of sp³-hybridized carbons (Fsp3) is 0.500. The average Bonchev–Trinajstić information content (AvgIpc) is 2.92. The number of rotatable bonds is 6. The van der Waals surface area contributed by atoms with E-state index >= 15 is 0 Å².